The number of benzene rings is 1. The van der Waals surface area contributed by atoms with Crippen LogP contribution in [0.4, 0.5) is 5.69 Å². The molecular weight excluding hydrogens is 310 g/mol. The van der Waals surface area contributed by atoms with Crippen LogP contribution in [0.1, 0.15) is 26.3 Å². The van der Waals surface area contributed by atoms with E-state index in [1.807, 2.05) is 19.1 Å². The van der Waals surface area contributed by atoms with E-state index >= 15 is 0 Å². The highest BCUT2D eigenvalue weighted by Crippen LogP contribution is 2.23. The summed E-state index contributed by atoms with van der Waals surface area (Å²) in [5, 5.41) is 9.04. The minimum absolute atomic E-state index is 0.0976. The summed E-state index contributed by atoms with van der Waals surface area (Å²) in [6.07, 6.45) is 0. The summed E-state index contributed by atoms with van der Waals surface area (Å²) < 4.78 is 9.54. The van der Waals surface area contributed by atoms with Crippen LogP contribution in [-0.2, 0) is 9.53 Å². The average molecular weight is 335 g/mol. The van der Waals surface area contributed by atoms with Crippen LogP contribution in [-0.4, -0.2) is 37.4 Å². The minimum atomic E-state index is -0.353. The van der Waals surface area contributed by atoms with Crippen molar-refractivity contribution in [3.05, 3.63) is 40.2 Å². The molecule has 0 atom stereocenters. The monoisotopic (exact) mass is 335 g/mol. The number of anilines is 1. The van der Waals surface area contributed by atoms with Gasteiger partial charge in [-0.15, -0.1) is 0 Å². The third kappa shape index (κ3) is 5.70. The third-order valence-corrected chi connectivity index (χ3v) is 3.46. The zero-order valence-electron chi connectivity index (χ0n) is 14.7. The average Bonchev–Trinajstić information content (AvgIpc) is 2.54. The molecule has 0 fully saturated rings. The number of ether oxygens (including phenoxy) is 1. The van der Waals surface area contributed by atoms with Crippen molar-refractivity contribution in [3.8, 4) is 0 Å². The standard InChI is InChI=1S/C14H17NO2.C4H8O3/c1-4-15(5-2)11-6-7-12-10(3)8-14(16)17-13(12)9-11;1-4(6)7-3-2-5/h6-9H,4-5H2,1-3H3;5H,2-3H2,1H3. The molecule has 0 spiro atoms. The molecule has 1 heterocycles. The van der Waals surface area contributed by atoms with E-state index in [4.69, 9.17) is 9.52 Å². The van der Waals surface area contributed by atoms with Gasteiger partial charge in [0, 0.05) is 43.2 Å². The smallest absolute Gasteiger partial charge is 0.336 e. The molecule has 0 saturated carbocycles. The van der Waals surface area contributed by atoms with Crippen LogP contribution in [0.15, 0.2) is 33.5 Å². The fourth-order valence-corrected chi connectivity index (χ4v) is 2.29. The number of aryl methyl sites for hydroxylation is 1. The fraction of sp³-hybridized carbons (Fsp3) is 0.444. The largest absolute Gasteiger partial charge is 0.463 e. The second kappa shape index (κ2) is 9.72. The van der Waals surface area contributed by atoms with Crippen molar-refractivity contribution in [3.63, 3.8) is 0 Å². The van der Waals surface area contributed by atoms with Crippen molar-refractivity contribution in [1.29, 1.82) is 0 Å². The van der Waals surface area contributed by atoms with Gasteiger partial charge in [-0.05, 0) is 38.5 Å². The molecule has 0 radical (unpaired) electrons. The summed E-state index contributed by atoms with van der Waals surface area (Å²) in [6, 6.07) is 7.56. The summed E-state index contributed by atoms with van der Waals surface area (Å²) in [5.41, 5.74) is 2.43. The molecule has 1 aromatic carbocycles. The molecule has 132 valence electrons. The maximum absolute atomic E-state index is 11.3. The lowest BCUT2D eigenvalue weighted by Gasteiger charge is -2.21. The molecule has 0 saturated heterocycles. The van der Waals surface area contributed by atoms with E-state index in [2.05, 4.69) is 29.6 Å². The first kappa shape index (κ1) is 19.7. The summed E-state index contributed by atoms with van der Waals surface area (Å²) in [5.74, 6) is -0.353. The van der Waals surface area contributed by atoms with Crippen LogP contribution in [0, 0.1) is 6.92 Å². The predicted octanol–water partition coefficient (Wildman–Crippen LogP) is 2.49. The number of aliphatic hydroxyl groups is 1. The Hall–Kier alpha value is -2.34. The van der Waals surface area contributed by atoms with Gasteiger partial charge in [0.1, 0.15) is 12.2 Å². The lowest BCUT2D eigenvalue weighted by Crippen LogP contribution is -2.21. The number of esters is 1. The van der Waals surface area contributed by atoms with Gasteiger partial charge in [-0.25, -0.2) is 4.79 Å². The lowest BCUT2D eigenvalue weighted by molar-refractivity contribution is -0.141. The third-order valence-electron chi connectivity index (χ3n) is 3.46. The molecule has 0 aliphatic carbocycles. The van der Waals surface area contributed by atoms with E-state index in [0.29, 0.717) is 5.58 Å². The molecule has 1 N–H and O–H groups in total. The van der Waals surface area contributed by atoms with Crippen LogP contribution in [0.5, 0.6) is 0 Å². The first-order valence-corrected chi connectivity index (χ1v) is 7.96. The van der Waals surface area contributed by atoms with Gasteiger partial charge in [0.05, 0.1) is 6.61 Å². The van der Waals surface area contributed by atoms with Crippen molar-refractivity contribution in [1.82, 2.24) is 0 Å². The Kier molecular flexibility index (Phi) is 7.98. The van der Waals surface area contributed by atoms with E-state index in [-0.39, 0.29) is 24.8 Å². The SMILES string of the molecule is CC(=O)OCCO.CCN(CC)c1ccc2c(C)cc(=O)oc2c1. The fourth-order valence-electron chi connectivity index (χ4n) is 2.29. The molecule has 0 amide bonds. The van der Waals surface area contributed by atoms with Crippen LogP contribution in [0.3, 0.4) is 0 Å². The molecule has 0 unspecified atom stereocenters. The number of carbonyl (C=O) groups excluding carboxylic acids is 1. The van der Waals surface area contributed by atoms with Gasteiger partial charge in [-0.3, -0.25) is 4.79 Å². The van der Waals surface area contributed by atoms with Crippen molar-refractivity contribution in [2.45, 2.75) is 27.7 Å². The van der Waals surface area contributed by atoms with E-state index in [0.717, 1.165) is 29.7 Å². The second-order valence-corrected chi connectivity index (χ2v) is 5.16. The van der Waals surface area contributed by atoms with Crippen LogP contribution in [0.25, 0.3) is 11.0 Å². The predicted molar refractivity (Wildman–Crippen MR) is 94.5 cm³/mol. The van der Waals surface area contributed by atoms with Crippen molar-refractivity contribution >= 4 is 22.6 Å². The molecule has 6 heteroatoms. The minimum Gasteiger partial charge on any atom is -0.463 e. The highest BCUT2D eigenvalue weighted by atomic mass is 16.5. The molecule has 0 aliphatic heterocycles. The van der Waals surface area contributed by atoms with Crippen LogP contribution in [0.2, 0.25) is 0 Å². The van der Waals surface area contributed by atoms with E-state index in [1.165, 1.54) is 13.0 Å². The van der Waals surface area contributed by atoms with E-state index in [1.54, 1.807) is 0 Å². The Morgan fingerprint density at radius 2 is 1.92 bits per heavy atom. The van der Waals surface area contributed by atoms with Crippen molar-refractivity contribution in [2.75, 3.05) is 31.2 Å². The number of nitrogens with zero attached hydrogens (tertiary/aromatic N) is 1. The lowest BCUT2D eigenvalue weighted by atomic mass is 10.1. The summed E-state index contributed by atoms with van der Waals surface area (Å²) in [6.45, 7) is 9.34. The first-order chi connectivity index (χ1) is 11.4. The van der Waals surface area contributed by atoms with Gasteiger partial charge in [0.15, 0.2) is 0 Å². The topological polar surface area (TPSA) is 80.0 Å². The number of rotatable bonds is 5. The molecule has 0 bridgehead atoms. The maximum atomic E-state index is 11.3. The highest BCUT2D eigenvalue weighted by Gasteiger charge is 2.06. The molecule has 6 nitrogen and oxygen atoms in total. The van der Waals surface area contributed by atoms with Gasteiger partial charge in [-0.2, -0.15) is 0 Å². The molecule has 2 rings (SSSR count). The Morgan fingerprint density at radius 1 is 1.25 bits per heavy atom. The summed E-state index contributed by atoms with van der Waals surface area (Å²) in [7, 11) is 0. The Morgan fingerprint density at radius 3 is 2.42 bits per heavy atom. The normalized spacial score (nSPS) is 10.0. The summed E-state index contributed by atoms with van der Waals surface area (Å²) in [4.78, 5) is 23.4. The maximum Gasteiger partial charge on any atom is 0.336 e. The Bertz CT molecular complexity index is 719. The quantitative estimate of drug-likeness (QED) is 0.668. The number of hydrogen-bond acceptors (Lipinski definition) is 6. The zero-order valence-corrected chi connectivity index (χ0v) is 14.7. The number of carbonyl (C=O) groups is 1. The summed E-state index contributed by atoms with van der Waals surface area (Å²) >= 11 is 0. The van der Waals surface area contributed by atoms with Crippen molar-refractivity contribution < 1.29 is 19.1 Å². The van der Waals surface area contributed by atoms with Gasteiger partial charge in [0.2, 0.25) is 0 Å². The Balaban J connectivity index is 0.000000351. The number of hydrogen-bond donors (Lipinski definition) is 1. The molecule has 2 aromatic rings. The van der Waals surface area contributed by atoms with Gasteiger partial charge >= 0.3 is 11.6 Å². The van der Waals surface area contributed by atoms with E-state index < -0.39 is 0 Å². The molecular formula is C18H25NO5. The molecule has 24 heavy (non-hydrogen) atoms. The highest BCUT2D eigenvalue weighted by molar-refractivity contribution is 5.83. The van der Waals surface area contributed by atoms with Gasteiger partial charge < -0.3 is 19.2 Å². The number of fused-ring (bicyclic) bond motifs is 1. The zero-order chi connectivity index (χ0) is 18.1. The first-order valence-electron chi connectivity index (χ1n) is 7.96. The second-order valence-electron chi connectivity index (χ2n) is 5.16. The van der Waals surface area contributed by atoms with Crippen LogP contribution >= 0.6 is 0 Å². The number of aliphatic hydroxyl groups excluding tert-OH is 1. The van der Waals surface area contributed by atoms with Gasteiger partial charge in [0.25, 0.3) is 0 Å². The Labute approximate surface area is 141 Å². The van der Waals surface area contributed by atoms with Crippen LogP contribution < -0.4 is 10.5 Å². The van der Waals surface area contributed by atoms with Crippen molar-refractivity contribution in [2.24, 2.45) is 0 Å². The molecule has 0 aliphatic rings. The molecule has 1 aromatic heterocycles. The van der Waals surface area contributed by atoms with E-state index in [9.17, 15) is 9.59 Å². The van der Waals surface area contributed by atoms with Gasteiger partial charge in [-0.1, -0.05) is 0 Å².